The highest BCUT2D eigenvalue weighted by atomic mass is 16.1. The molecule has 0 saturated heterocycles. The number of H-pyrrole nitrogens is 1. The lowest BCUT2D eigenvalue weighted by Crippen LogP contribution is -1.88. The van der Waals surface area contributed by atoms with Crippen LogP contribution in [0.4, 0.5) is 0 Å². The molecule has 0 saturated carbocycles. The van der Waals surface area contributed by atoms with Crippen molar-refractivity contribution in [3.63, 3.8) is 0 Å². The first kappa shape index (κ1) is 13.6. The Morgan fingerprint density at radius 3 is 2.38 bits per heavy atom. The number of benzene rings is 2. The molecule has 2 nitrogen and oxygen atoms in total. The lowest BCUT2D eigenvalue weighted by Gasteiger charge is -2.06. The molecule has 0 unspecified atom stereocenters. The third-order valence-corrected chi connectivity index (χ3v) is 3.98. The van der Waals surface area contributed by atoms with Crippen LogP contribution < -0.4 is 0 Å². The van der Waals surface area contributed by atoms with Crippen molar-refractivity contribution in [3.05, 3.63) is 59.2 Å². The summed E-state index contributed by atoms with van der Waals surface area (Å²) in [6, 6.07) is 14.6. The van der Waals surface area contributed by atoms with Crippen LogP contribution in [0.15, 0.2) is 42.5 Å². The van der Waals surface area contributed by atoms with E-state index in [0.717, 1.165) is 39.6 Å². The molecular formula is C19H19NO. The van der Waals surface area contributed by atoms with Gasteiger partial charge in [0.05, 0.1) is 5.69 Å². The molecule has 0 bridgehead atoms. The molecule has 0 radical (unpaired) electrons. The Kier molecular flexibility index (Phi) is 3.38. The molecule has 1 aromatic heterocycles. The molecule has 2 aromatic carbocycles. The first-order chi connectivity index (χ1) is 10.1. The number of fused-ring (bicyclic) bond motifs is 1. The van der Waals surface area contributed by atoms with E-state index in [1.54, 1.807) is 0 Å². The molecule has 0 aliphatic carbocycles. The summed E-state index contributed by atoms with van der Waals surface area (Å²) in [7, 11) is 0. The molecular weight excluding hydrogens is 258 g/mol. The molecule has 21 heavy (non-hydrogen) atoms. The van der Waals surface area contributed by atoms with Crippen LogP contribution in [0, 0.1) is 6.92 Å². The van der Waals surface area contributed by atoms with Crippen molar-refractivity contribution in [2.75, 3.05) is 0 Å². The van der Waals surface area contributed by atoms with Crippen LogP contribution in [0.5, 0.6) is 0 Å². The maximum absolute atomic E-state index is 11.5. The Hall–Kier alpha value is -2.35. The molecule has 3 rings (SSSR count). The maximum Gasteiger partial charge on any atom is 0.152 e. The van der Waals surface area contributed by atoms with Crippen LogP contribution in [-0.4, -0.2) is 11.3 Å². The van der Waals surface area contributed by atoms with Crippen LogP contribution in [0.2, 0.25) is 0 Å². The van der Waals surface area contributed by atoms with E-state index in [4.69, 9.17) is 0 Å². The number of carbonyl (C=O) groups excluding carboxylic acids is 1. The van der Waals surface area contributed by atoms with Crippen LogP contribution in [0.1, 0.15) is 41.3 Å². The lowest BCUT2D eigenvalue weighted by molar-refractivity contribution is 0.112. The fraction of sp³-hybridized carbons (Fsp3) is 0.211. The Bertz CT molecular complexity index is 794. The fourth-order valence-electron chi connectivity index (χ4n) is 2.71. The molecule has 0 spiro atoms. The van der Waals surface area contributed by atoms with Crippen molar-refractivity contribution in [1.82, 2.24) is 4.98 Å². The van der Waals surface area contributed by atoms with Crippen molar-refractivity contribution >= 4 is 17.2 Å². The van der Waals surface area contributed by atoms with Crippen LogP contribution in [-0.2, 0) is 0 Å². The summed E-state index contributed by atoms with van der Waals surface area (Å²) in [6.45, 7) is 6.40. The summed E-state index contributed by atoms with van der Waals surface area (Å²) in [6.07, 6.45) is 0.948. The Balaban J connectivity index is 2.17. The van der Waals surface area contributed by atoms with Gasteiger partial charge >= 0.3 is 0 Å². The summed E-state index contributed by atoms with van der Waals surface area (Å²) < 4.78 is 0. The number of carbonyl (C=O) groups is 1. The van der Waals surface area contributed by atoms with Gasteiger partial charge in [-0.2, -0.15) is 0 Å². The van der Waals surface area contributed by atoms with Gasteiger partial charge in [-0.25, -0.2) is 0 Å². The van der Waals surface area contributed by atoms with Gasteiger partial charge in [-0.15, -0.1) is 0 Å². The van der Waals surface area contributed by atoms with E-state index in [1.807, 2.05) is 13.0 Å². The van der Waals surface area contributed by atoms with Crippen molar-refractivity contribution in [1.29, 1.82) is 0 Å². The number of hydrogen-bond acceptors (Lipinski definition) is 1. The van der Waals surface area contributed by atoms with Crippen molar-refractivity contribution in [2.45, 2.75) is 26.7 Å². The number of hydrogen-bond donors (Lipinski definition) is 1. The van der Waals surface area contributed by atoms with Crippen LogP contribution >= 0.6 is 0 Å². The van der Waals surface area contributed by atoms with E-state index in [1.165, 1.54) is 5.56 Å². The second-order valence-electron chi connectivity index (χ2n) is 5.86. The standard InChI is InChI=1S/C19H19NO/c1-12(2)14-5-7-15(8-6-14)19-17(11-21)16-10-13(3)4-9-18(16)20-19/h4-12,20H,1-3H3. The number of rotatable bonds is 3. The first-order valence-corrected chi connectivity index (χ1v) is 7.28. The van der Waals surface area contributed by atoms with Gasteiger partial charge in [0.2, 0.25) is 0 Å². The van der Waals surface area contributed by atoms with Gasteiger partial charge in [-0.1, -0.05) is 49.7 Å². The predicted octanol–water partition coefficient (Wildman–Crippen LogP) is 5.08. The molecule has 0 atom stereocenters. The number of aromatic nitrogens is 1. The SMILES string of the molecule is Cc1ccc2[nH]c(-c3ccc(C(C)C)cc3)c(C=O)c2c1. The highest BCUT2D eigenvalue weighted by Gasteiger charge is 2.12. The molecule has 0 aliphatic rings. The monoisotopic (exact) mass is 277 g/mol. The van der Waals surface area contributed by atoms with E-state index in [2.05, 4.69) is 55.2 Å². The molecule has 2 heteroatoms. The van der Waals surface area contributed by atoms with E-state index >= 15 is 0 Å². The van der Waals surface area contributed by atoms with E-state index in [9.17, 15) is 4.79 Å². The minimum atomic E-state index is 0.509. The number of nitrogens with one attached hydrogen (secondary N) is 1. The van der Waals surface area contributed by atoms with Crippen molar-refractivity contribution < 1.29 is 4.79 Å². The van der Waals surface area contributed by atoms with Crippen molar-refractivity contribution in [2.24, 2.45) is 0 Å². The summed E-state index contributed by atoms with van der Waals surface area (Å²) >= 11 is 0. The smallest absolute Gasteiger partial charge is 0.152 e. The topological polar surface area (TPSA) is 32.9 Å². The quantitative estimate of drug-likeness (QED) is 0.665. The normalized spacial score (nSPS) is 11.2. The Morgan fingerprint density at radius 1 is 1.05 bits per heavy atom. The van der Waals surface area contributed by atoms with Gasteiger partial charge < -0.3 is 4.98 Å². The minimum Gasteiger partial charge on any atom is -0.354 e. The first-order valence-electron chi connectivity index (χ1n) is 7.28. The fourth-order valence-corrected chi connectivity index (χ4v) is 2.71. The van der Waals surface area contributed by atoms with Gasteiger partial charge in [0.25, 0.3) is 0 Å². The van der Waals surface area contributed by atoms with E-state index in [0.29, 0.717) is 5.92 Å². The number of aryl methyl sites for hydroxylation is 1. The van der Waals surface area contributed by atoms with Crippen molar-refractivity contribution in [3.8, 4) is 11.3 Å². The zero-order valence-corrected chi connectivity index (χ0v) is 12.6. The molecule has 1 N–H and O–H groups in total. The second kappa shape index (κ2) is 5.21. The maximum atomic E-state index is 11.5. The van der Waals surface area contributed by atoms with Gasteiger partial charge in [-0.05, 0) is 36.1 Å². The zero-order valence-electron chi connectivity index (χ0n) is 12.6. The molecule has 106 valence electrons. The van der Waals surface area contributed by atoms with Gasteiger partial charge in [-0.3, -0.25) is 4.79 Å². The minimum absolute atomic E-state index is 0.509. The summed E-state index contributed by atoms with van der Waals surface area (Å²) in [5.41, 5.74) is 6.16. The van der Waals surface area contributed by atoms with E-state index < -0.39 is 0 Å². The average Bonchev–Trinajstić information content (AvgIpc) is 2.85. The highest BCUT2D eigenvalue weighted by Crippen LogP contribution is 2.30. The highest BCUT2D eigenvalue weighted by molar-refractivity contribution is 6.04. The molecule has 0 fully saturated rings. The molecule has 0 amide bonds. The van der Waals surface area contributed by atoms with Crippen LogP contribution in [0.3, 0.4) is 0 Å². The Morgan fingerprint density at radius 2 is 1.76 bits per heavy atom. The van der Waals surface area contributed by atoms with Crippen LogP contribution in [0.25, 0.3) is 22.2 Å². The molecule has 0 aliphatic heterocycles. The third kappa shape index (κ3) is 2.38. The predicted molar refractivity (Wildman–Crippen MR) is 87.9 cm³/mol. The van der Waals surface area contributed by atoms with E-state index in [-0.39, 0.29) is 0 Å². The third-order valence-electron chi connectivity index (χ3n) is 3.98. The van der Waals surface area contributed by atoms with Gasteiger partial charge in [0, 0.05) is 16.5 Å². The summed E-state index contributed by atoms with van der Waals surface area (Å²) in [5, 5.41) is 0.993. The summed E-state index contributed by atoms with van der Waals surface area (Å²) in [4.78, 5) is 14.9. The average molecular weight is 277 g/mol. The zero-order chi connectivity index (χ0) is 15.0. The molecule has 1 heterocycles. The van der Waals surface area contributed by atoms with Gasteiger partial charge in [0.1, 0.15) is 0 Å². The lowest BCUT2D eigenvalue weighted by atomic mass is 9.99. The Labute approximate surface area is 124 Å². The largest absolute Gasteiger partial charge is 0.354 e. The summed E-state index contributed by atoms with van der Waals surface area (Å²) in [5.74, 6) is 0.509. The van der Waals surface area contributed by atoms with Gasteiger partial charge in [0.15, 0.2) is 6.29 Å². The number of aromatic amines is 1. The second-order valence-corrected chi connectivity index (χ2v) is 5.86. The molecule has 3 aromatic rings. The number of aldehydes is 1.